The van der Waals surface area contributed by atoms with Crippen molar-refractivity contribution in [3.05, 3.63) is 29.3 Å². The first-order valence-corrected chi connectivity index (χ1v) is 8.69. The summed E-state index contributed by atoms with van der Waals surface area (Å²) >= 11 is 0. The number of hydrogen-bond donors (Lipinski definition) is 2. The molecule has 2 N–H and O–H groups in total. The van der Waals surface area contributed by atoms with Crippen LogP contribution in [0.4, 0.5) is 5.69 Å². The van der Waals surface area contributed by atoms with Crippen molar-refractivity contribution in [3.8, 4) is 0 Å². The summed E-state index contributed by atoms with van der Waals surface area (Å²) in [5.74, 6) is 0.499. The van der Waals surface area contributed by atoms with Gasteiger partial charge in [-0.05, 0) is 37.3 Å². The van der Waals surface area contributed by atoms with E-state index in [9.17, 15) is 9.59 Å². The molecule has 2 amide bonds. The maximum atomic E-state index is 12.0. The van der Waals surface area contributed by atoms with Gasteiger partial charge in [-0.15, -0.1) is 0 Å². The van der Waals surface area contributed by atoms with Crippen LogP contribution in [0.15, 0.2) is 18.2 Å². The Morgan fingerprint density at radius 2 is 1.70 bits per heavy atom. The number of nitrogens with one attached hydrogen (secondary N) is 2. The molecule has 0 radical (unpaired) electrons. The van der Waals surface area contributed by atoms with Gasteiger partial charge in [0.05, 0.1) is 6.54 Å². The van der Waals surface area contributed by atoms with E-state index in [2.05, 4.69) is 10.6 Å². The quantitative estimate of drug-likeness (QED) is 0.840. The van der Waals surface area contributed by atoms with Gasteiger partial charge in [-0.25, -0.2) is 0 Å². The van der Waals surface area contributed by atoms with Crippen molar-refractivity contribution in [2.45, 2.75) is 58.8 Å². The number of para-hydroxylation sites is 1. The van der Waals surface area contributed by atoms with Crippen molar-refractivity contribution in [2.24, 2.45) is 5.92 Å². The van der Waals surface area contributed by atoms with Gasteiger partial charge in [0.1, 0.15) is 0 Å². The molecule has 126 valence electrons. The maximum Gasteiger partial charge on any atom is 0.243 e. The van der Waals surface area contributed by atoms with Crippen molar-refractivity contribution < 1.29 is 9.59 Å². The van der Waals surface area contributed by atoms with E-state index < -0.39 is 0 Å². The predicted octanol–water partition coefficient (Wildman–Crippen LogP) is 3.72. The normalized spacial score (nSPS) is 15.2. The lowest BCUT2D eigenvalue weighted by Gasteiger charge is -2.21. The van der Waals surface area contributed by atoms with Crippen molar-refractivity contribution in [2.75, 3.05) is 11.9 Å². The highest BCUT2D eigenvalue weighted by Crippen LogP contribution is 2.27. The predicted molar refractivity (Wildman–Crippen MR) is 93.4 cm³/mol. The number of aryl methyl sites for hydroxylation is 2. The molecule has 1 fully saturated rings. The Labute approximate surface area is 139 Å². The van der Waals surface area contributed by atoms with Gasteiger partial charge >= 0.3 is 0 Å². The lowest BCUT2D eigenvalue weighted by atomic mass is 9.86. The van der Waals surface area contributed by atoms with Crippen molar-refractivity contribution in [1.82, 2.24) is 5.32 Å². The molecule has 0 heterocycles. The molecule has 0 bridgehead atoms. The van der Waals surface area contributed by atoms with E-state index in [4.69, 9.17) is 0 Å². The molecule has 0 aliphatic heterocycles. The highest BCUT2D eigenvalue weighted by Gasteiger charge is 2.15. The molecule has 0 atom stereocenters. The number of hydrogen-bond acceptors (Lipinski definition) is 2. The first-order valence-electron chi connectivity index (χ1n) is 8.69. The Bertz CT molecular complexity index is 528. The number of carbonyl (C=O) groups excluding carboxylic acids is 2. The Morgan fingerprint density at radius 3 is 2.35 bits per heavy atom. The van der Waals surface area contributed by atoms with Gasteiger partial charge in [0.2, 0.25) is 11.8 Å². The fourth-order valence-electron chi connectivity index (χ4n) is 3.27. The summed E-state index contributed by atoms with van der Waals surface area (Å²) in [7, 11) is 0. The third-order valence-electron chi connectivity index (χ3n) is 4.70. The summed E-state index contributed by atoms with van der Waals surface area (Å²) in [5, 5.41) is 5.62. The molecule has 0 aromatic heterocycles. The highest BCUT2D eigenvalue weighted by atomic mass is 16.2. The summed E-state index contributed by atoms with van der Waals surface area (Å²) < 4.78 is 0. The smallest absolute Gasteiger partial charge is 0.243 e. The van der Waals surface area contributed by atoms with Crippen LogP contribution in [0.2, 0.25) is 0 Å². The molecule has 0 spiro atoms. The zero-order valence-corrected chi connectivity index (χ0v) is 14.3. The average Bonchev–Trinajstić information content (AvgIpc) is 2.55. The molecule has 0 unspecified atom stereocenters. The molecule has 0 saturated heterocycles. The lowest BCUT2D eigenvalue weighted by molar-refractivity contribution is -0.124. The number of amides is 2. The Balaban J connectivity index is 1.70. The van der Waals surface area contributed by atoms with E-state index in [-0.39, 0.29) is 18.4 Å². The molecular formula is C19H28N2O2. The van der Waals surface area contributed by atoms with Gasteiger partial charge < -0.3 is 10.6 Å². The molecule has 4 heteroatoms. The van der Waals surface area contributed by atoms with Crippen molar-refractivity contribution in [3.63, 3.8) is 0 Å². The first kappa shape index (κ1) is 17.5. The largest absolute Gasteiger partial charge is 0.347 e. The second-order valence-electron chi connectivity index (χ2n) is 6.63. The topological polar surface area (TPSA) is 58.2 Å². The Hall–Kier alpha value is -1.84. The molecule has 1 aromatic carbocycles. The van der Waals surface area contributed by atoms with Crippen molar-refractivity contribution in [1.29, 1.82) is 0 Å². The highest BCUT2D eigenvalue weighted by molar-refractivity contribution is 5.95. The SMILES string of the molecule is Cc1cccc(C)c1NC(=O)CNC(=O)CCC1CCCCC1. The summed E-state index contributed by atoms with van der Waals surface area (Å²) in [4.78, 5) is 23.9. The van der Waals surface area contributed by atoms with E-state index in [0.29, 0.717) is 12.3 Å². The summed E-state index contributed by atoms with van der Waals surface area (Å²) in [6.45, 7) is 3.97. The van der Waals surface area contributed by atoms with E-state index in [1.54, 1.807) is 0 Å². The minimum atomic E-state index is -0.173. The van der Waals surface area contributed by atoms with E-state index in [1.807, 2.05) is 32.0 Å². The molecule has 2 rings (SSSR count). The average molecular weight is 316 g/mol. The molecule has 4 nitrogen and oxygen atoms in total. The van der Waals surface area contributed by atoms with Gasteiger partial charge in [0.25, 0.3) is 0 Å². The number of anilines is 1. The summed E-state index contributed by atoms with van der Waals surface area (Å²) in [6, 6.07) is 5.89. The summed E-state index contributed by atoms with van der Waals surface area (Å²) in [6.07, 6.45) is 7.91. The molecular weight excluding hydrogens is 288 g/mol. The van der Waals surface area contributed by atoms with Crippen LogP contribution in [0.1, 0.15) is 56.1 Å². The second-order valence-corrected chi connectivity index (χ2v) is 6.63. The van der Waals surface area contributed by atoms with Crippen molar-refractivity contribution >= 4 is 17.5 Å². The minimum absolute atomic E-state index is 0.0211. The maximum absolute atomic E-state index is 12.0. The van der Waals surface area contributed by atoms with Crippen LogP contribution in [-0.2, 0) is 9.59 Å². The zero-order valence-electron chi connectivity index (χ0n) is 14.3. The van der Waals surface area contributed by atoms with Gasteiger partial charge in [-0.2, -0.15) is 0 Å². The minimum Gasteiger partial charge on any atom is -0.347 e. The van der Waals surface area contributed by atoms with E-state index in [1.165, 1.54) is 32.1 Å². The first-order chi connectivity index (χ1) is 11.1. The molecule has 1 aliphatic carbocycles. The van der Waals surface area contributed by atoms with Gasteiger partial charge in [-0.3, -0.25) is 9.59 Å². The fraction of sp³-hybridized carbons (Fsp3) is 0.579. The van der Waals surface area contributed by atoms with Gasteiger partial charge in [-0.1, -0.05) is 50.3 Å². The van der Waals surface area contributed by atoms with Crippen LogP contribution in [0.25, 0.3) is 0 Å². The standard InChI is InChI=1S/C19H28N2O2/c1-14-7-6-8-15(2)19(14)21-18(23)13-20-17(22)12-11-16-9-4-3-5-10-16/h6-8,16H,3-5,9-13H2,1-2H3,(H,20,22)(H,21,23). The van der Waals surface area contributed by atoms with Gasteiger partial charge in [0, 0.05) is 12.1 Å². The van der Waals surface area contributed by atoms with E-state index in [0.717, 1.165) is 23.2 Å². The lowest BCUT2D eigenvalue weighted by Crippen LogP contribution is -2.33. The number of rotatable bonds is 6. The molecule has 1 aliphatic rings. The van der Waals surface area contributed by atoms with Crippen LogP contribution >= 0.6 is 0 Å². The monoisotopic (exact) mass is 316 g/mol. The summed E-state index contributed by atoms with van der Waals surface area (Å²) in [5.41, 5.74) is 2.90. The van der Waals surface area contributed by atoms with Gasteiger partial charge in [0.15, 0.2) is 0 Å². The second kappa shape index (κ2) is 8.70. The Kier molecular flexibility index (Phi) is 6.63. The number of benzene rings is 1. The van der Waals surface area contributed by atoms with Crippen LogP contribution in [0.3, 0.4) is 0 Å². The molecule has 1 saturated carbocycles. The Morgan fingerprint density at radius 1 is 1.04 bits per heavy atom. The fourth-order valence-corrected chi connectivity index (χ4v) is 3.27. The van der Waals surface area contributed by atoms with Crippen LogP contribution in [0, 0.1) is 19.8 Å². The van der Waals surface area contributed by atoms with Crippen LogP contribution < -0.4 is 10.6 Å². The third kappa shape index (κ3) is 5.70. The molecule has 23 heavy (non-hydrogen) atoms. The van der Waals surface area contributed by atoms with E-state index >= 15 is 0 Å². The molecule has 1 aromatic rings. The van der Waals surface area contributed by atoms with Crippen LogP contribution in [-0.4, -0.2) is 18.4 Å². The zero-order chi connectivity index (χ0) is 16.7. The third-order valence-corrected chi connectivity index (χ3v) is 4.70. The van der Waals surface area contributed by atoms with Crippen LogP contribution in [0.5, 0.6) is 0 Å². The number of carbonyl (C=O) groups is 2.